The Balaban J connectivity index is 2.24. The summed E-state index contributed by atoms with van der Waals surface area (Å²) in [6.45, 7) is 4.93. The molecule has 1 aliphatic heterocycles. The van der Waals surface area contributed by atoms with Gasteiger partial charge in [0.1, 0.15) is 0 Å². The molecule has 100 valence electrons. The molecule has 18 heavy (non-hydrogen) atoms. The molecule has 1 aromatic rings. The SMILES string of the molecule is CC1CN(C(CN)c2cc(Cl)ccc2Cl)CCS1. The molecule has 1 saturated heterocycles. The maximum Gasteiger partial charge on any atom is 0.0486 e. The molecule has 2 atom stereocenters. The van der Waals surface area contributed by atoms with Crippen molar-refractivity contribution in [1.29, 1.82) is 0 Å². The molecule has 1 heterocycles. The number of halogens is 2. The van der Waals surface area contributed by atoms with Crippen LogP contribution in [-0.4, -0.2) is 35.5 Å². The van der Waals surface area contributed by atoms with E-state index in [1.807, 2.05) is 30.0 Å². The van der Waals surface area contributed by atoms with E-state index >= 15 is 0 Å². The molecule has 0 bridgehead atoms. The fourth-order valence-corrected chi connectivity index (χ4v) is 3.83. The first-order valence-corrected chi connectivity index (χ1v) is 7.93. The number of benzene rings is 1. The standard InChI is InChI=1S/C13H18Cl2N2S/c1-9-8-17(4-5-18-9)13(7-16)11-6-10(14)2-3-12(11)15/h2-3,6,9,13H,4-5,7-8,16H2,1H3. The van der Waals surface area contributed by atoms with Crippen LogP contribution in [0.4, 0.5) is 0 Å². The van der Waals surface area contributed by atoms with Crippen molar-refractivity contribution in [2.75, 3.05) is 25.4 Å². The second-order valence-electron chi connectivity index (χ2n) is 4.59. The number of nitrogens with zero attached hydrogens (tertiary/aromatic N) is 1. The normalized spacial score (nSPS) is 23.0. The number of hydrogen-bond acceptors (Lipinski definition) is 3. The highest BCUT2D eigenvalue weighted by molar-refractivity contribution is 7.99. The summed E-state index contributed by atoms with van der Waals surface area (Å²) in [5.74, 6) is 1.15. The topological polar surface area (TPSA) is 29.3 Å². The highest BCUT2D eigenvalue weighted by atomic mass is 35.5. The van der Waals surface area contributed by atoms with Gasteiger partial charge in [0.15, 0.2) is 0 Å². The van der Waals surface area contributed by atoms with Crippen LogP contribution in [-0.2, 0) is 0 Å². The lowest BCUT2D eigenvalue weighted by Gasteiger charge is -2.37. The third-order valence-corrected chi connectivity index (χ3v) is 4.97. The van der Waals surface area contributed by atoms with Crippen LogP contribution in [0.15, 0.2) is 18.2 Å². The van der Waals surface area contributed by atoms with Crippen LogP contribution in [0.3, 0.4) is 0 Å². The van der Waals surface area contributed by atoms with Crippen LogP contribution in [0, 0.1) is 0 Å². The van der Waals surface area contributed by atoms with Gasteiger partial charge >= 0.3 is 0 Å². The fraction of sp³-hybridized carbons (Fsp3) is 0.538. The van der Waals surface area contributed by atoms with Gasteiger partial charge < -0.3 is 5.73 Å². The van der Waals surface area contributed by atoms with Gasteiger partial charge in [-0.1, -0.05) is 30.1 Å². The minimum Gasteiger partial charge on any atom is -0.329 e. The number of rotatable bonds is 3. The molecule has 2 unspecified atom stereocenters. The van der Waals surface area contributed by atoms with Crippen LogP contribution < -0.4 is 5.73 Å². The molecule has 0 aliphatic carbocycles. The summed E-state index contributed by atoms with van der Waals surface area (Å²) in [5.41, 5.74) is 7.00. The molecule has 0 radical (unpaired) electrons. The van der Waals surface area contributed by atoms with E-state index in [1.165, 1.54) is 0 Å². The smallest absolute Gasteiger partial charge is 0.0486 e. The molecule has 1 aromatic carbocycles. The van der Waals surface area contributed by atoms with E-state index < -0.39 is 0 Å². The van der Waals surface area contributed by atoms with Crippen molar-refractivity contribution in [3.8, 4) is 0 Å². The molecule has 1 fully saturated rings. The fourth-order valence-electron chi connectivity index (χ4n) is 2.37. The molecular formula is C13H18Cl2N2S. The predicted molar refractivity (Wildman–Crippen MR) is 81.8 cm³/mol. The van der Waals surface area contributed by atoms with Gasteiger partial charge in [0.2, 0.25) is 0 Å². The minimum absolute atomic E-state index is 0.166. The van der Waals surface area contributed by atoms with E-state index in [9.17, 15) is 0 Å². The third-order valence-electron chi connectivity index (χ3n) is 3.25. The zero-order valence-electron chi connectivity index (χ0n) is 10.4. The van der Waals surface area contributed by atoms with E-state index in [0.717, 1.165) is 29.4 Å². The van der Waals surface area contributed by atoms with Crippen molar-refractivity contribution in [2.45, 2.75) is 18.2 Å². The van der Waals surface area contributed by atoms with E-state index in [4.69, 9.17) is 28.9 Å². The van der Waals surface area contributed by atoms with Crippen molar-refractivity contribution in [1.82, 2.24) is 4.90 Å². The van der Waals surface area contributed by atoms with Gasteiger partial charge in [-0.15, -0.1) is 0 Å². The largest absolute Gasteiger partial charge is 0.329 e. The summed E-state index contributed by atoms with van der Waals surface area (Å²) in [6.07, 6.45) is 0. The van der Waals surface area contributed by atoms with Crippen molar-refractivity contribution in [3.05, 3.63) is 33.8 Å². The Morgan fingerprint density at radius 1 is 1.50 bits per heavy atom. The summed E-state index contributed by atoms with van der Waals surface area (Å²) < 4.78 is 0. The van der Waals surface area contributed by atoms with Crippen LogP contribution in [0.5, 0.6) is 0 Å². The maximum absolute atomic E-state index is 6.28. The minimum atomic E-state index is 0.166. The predicted octanol–water partition coefficient (Wildman–Crippen LogP) is 3.43. The zero-order chi connectivity index (χ0) is 13.1. The van der Waals surface area contributed by atoms with Crippen molar-refractivity contribution in [3.63, 3.8) is 0 Å². The summed E-state index contributed by atoms with van der Waals surface area (Å²) in [4.78, 5) is 2.42. The molecule has 0 aromatic heterocycles. The molecule has 0 saturated carbocycles. The molecule has 2 N–H and O–H groups in total. The maximum atomic E-state index is 6.28. The average Bonchev–Trinajstić information content (AvgIpc) is 2.35. The van der Waals surface area contributed by atoms with Crippen LogP contribution in [0.1, 0.15) is 18.5 Å². The lowest BCUT2D eigenvalue weighted by atomic mass is 10.0. The van der Waals surface area contributed by atoms with Gasteiger partial charge in [0, 0.05) is 46.7 Å². The summed E-state index contributed by atoms with van der Waals surface area (Å²) in [7, 11) is 0. The van der Waals surface area contributed by atoms with E-state index in [2.05, 4.69) is 11.8 Å². The first-order chi connectivity index (χ1) is 8.61. The summed E-state index contributed by atoms with van der Waals surface area (Å²) >= 11 is 14.4. The zero-order valence-corrected chi connectivity index (χ0v) is 12.7. The van der Waals surface area contributed by atoms with Crippen molar-refractivity contribution in [2.24, 2.45) is 5.73 Å². The molecule has 0 spiro atoms. The van der Waals surface area contributed by atoms with Gasteiger partial charge in [0.25, 0.3) is 0 Å². The van der Waals surface area contributed by atoms with E-state index in [0.29, 0.717) is 16.8 Å². The Labute approximate surface area is 123 Å². The van der Waals surface area contributed by atoms with Gasteiger partial charge in [-0.2, -0.15) is 11.8 Å². The second-order valence-corrected chi connectivity index (χ2v) is 6.98. The van der Waals surface area contributed by atoms with Crippen molar-refractivity contribution < 1.29 is 0 Å². The first kappa shape index (κ1) is 14.5. The van der Waals surface area contributed by atoms with Gasteiger partial charge in [0.05, 0.1) is 0 Å². The highest BCUT2D eigenvalue weighted by Crippen LogP contribution is 2.32. The Morgan fingerprint density at radius 3 is 2.94 bits per heavy atom. The monoisotopic (exact) mass is 304 g/mol. The Morgan fingerprint density at radius 2 is 2.28 bits per heavy atom. The summed E-state index contributed by atoms with van der Waals surface area (Å²) in [6, 6.07) is 5.77. The quantitative estimate of drug-likeness (QED) is 0.927. The number of nitrogens with two attached hydrogens (primary N) is 1. The van der Waals surface area contributed by atoms with E-state index in [1.54, 1.807) is 0 Å². The Bertz CT molecular complexity index is 414. The van der Waals surface area contributed by atoms with Crippen LogP contribution in [0.2, 0.25) is 10.0 Å². The van der Waals surface area contributed by atoms with Gasteiger partial charge in [-0.05, 0) is 23.8 Å². The second kappa shape index (κ2) is 6.49. The molecular weight excluding hydrogens is 287 g/mol. The molecule has 0 amide bonds. The number of thioether (sulfide) groups is 1. The summed E-state index contributed by atoms with van der Waals surface area (Å²) in [5, 5.41) is 2.11. The molecule has 5 heteroatoms. The first-order valence-electron chi connectivity index (χ1n) is 6.12. The van der Waals surface area contributed by atoms with Gasteiger partial charge in [-0.25, -0.2) is 0 Å². The molecule has 2 nitrogen and oxygen atoms in total. The Hall–Kier alpha value is 0.0700. The molecule has 2 rings (SSSR count). The highest BCUT2D eigenvalue weighted by Gasteiger charge is 2.25. The van der Waals surface area contributed by atoms with Crippen LogP contribution >= 0.6 is 35.0 Å². The van der Waals surface area contributed by atoms with Crippen LogP contribution in [0.25, 0.3) is 0 Å². The lowest BCUT2D eigenvalue weighted by molar-refractivity contribution is 0.211. The average molecular weight is 305 g/mol. The molecule has 1 aliphatic rings. The third kappa shape index (κ3) is 3.34. The lowest BCUT2D eigenvalue weighted by Crippen LogP contribution is -2.42. The van der Waals surface area contributed by atoms with E-state index in [-0.39, 0.29) is 6.04 Å². The number of hydrogen-bond donors (Lipinski definition) is 1. The Kier molecular flexibility index (Phi) is 5.22. The van der Waals surface area contributed by atoms with Gasteiger partial charge in [-0.3, -0.25) is 4.90 Å². The van der Waals surface area contributed by atoms with Crippen molar-refractivity contribution >= 4 is 35.0 Å².